The zero-order valence-corrected chi connectivity index (χ0v) is 16.0. The number of carbonyl (C=O) groups excluding carboxylic acids is 3. The Morgan fingerprint density at radius 3 is 2.48 bits per heavy atom. The van der Waals surface area contributed by atoms with Crippen LogP contribution in [0.1, 0.15) is 43.2 Å². The summed E-state index contributed by atoms with van der Waals surface area (Å²) in [6, 6.07) is 3.26. The Morgan fingerprint density at radius 1 is 1.07 bits per heavy atom. The van der Waals surface area contributed by atoms with Crippen LogP contribution in [0.2, 0.25) is 0 Å². The van der Waals surface area contributed by atoms with Crippen LogP contribution in [0.15, 0.2) is 22.8 Å². The van der Waals surface area contributed by atoms with E-state index in [1.54, 1.807) is 12.1 Å². The summed E-state index contributed by atoms with van der Waals surface area (Å²) in [4.78, 5) is 39.7. The van der Waals surface area contributed by atoms with Crippen molar-refractivity contribution >= 4 is 17.7 Å². The van der Waals surface area contributed by atoms with Crippen molar-refractivity contribution in [3.05, 3.63) is 24.2 Å². The number of hydrogen-bond acceptors (Lipinski definition) is 5. The van der Waals surface area contributed by atoms with E-state index in [0.29, 0.717) is 52.1 Å². The third kappa shape index (κ3) is 7.42. The van der Waals surface area contributed by atoms with Gasteiger partial charge in [0.25, 0.3) is 5.91 Å². The smallest absolute Gasteiger partial charge is 0.286 e. The van der Waals surface area contributed by atoms with E-state index in [9.17, 15) is 14.4 Å². The summed E-state index contributed by atoms with van der Waals surface area (Å²) in [6.07, 6.45) is 4.50. The zero-order chi connectivity index (χ0) is 19.5. The van der Waals surface area contributed by atoms with Gasteiger partial charge in [0.2, 0.25) is 11.8 Å². The molecular formula is C19H30N4O4. The number of nitrogens with one attached hydrogen (secondary N) is 2. The van der Waals surface area contributed by atoms with E-state index in [-0.39, 0.29) is 23.5 Å². The predicted molar refractivity (Wildman–Crippen MR) is 101 cm³/mol. The quantitative estimate of drug-likeness (QED) is 0.589. The molecule has 2 N–H and O–H groups in total. The van der Waals surface area contributed by atoms with Gasteiger partial charge in [0.05, 0.1) is 12.8 Å². The summed E-state index contributed by atoms with van der Waals surface area (Å²) in [5, 5.41) is 5.65. The van der Waals surface area contributed by atoms with E-state index in [2.05, 4.69) is 22.5 Å². The molecule has 0 unspecified atom stereocenters. The molecule has 1 aromatic rings. The summed E-state index contributed by atoms with van der Waals surface area (Å²) in [5.74, 6) is 0.152. The predicted octanol–water partition coefficient (Wildman–Crippen LogP) is 0.850. The molecule has 8 heteroatoms. The normalized spacial score (nSPS) is 14.8. The number of hydrogen-bond donors (Lipinski definition) is 2. The van der Waals surface area contributed by atoms with Crippen LogP contribution in [0, 0.1) is 0 Å². The second kappa shape index (κ2) is 11.4. The van der Waals surface area contributed by atoms with Gasteiger partial charge in [-0.3, -0.25) is 19.3 Å². The lowest BCUT2D eigenvalue weighted by atomic mass is 10.2. The van der Waals surface area contributed by atoms with Gasteiger partial charge >= 0.3 is 0 Å². The summed E-state index contributed by atoms with van der Waals surface area (Å²) in [6.45, 7) is 6.34. The van der Waals surface area contributed by atoms with Crippen LogP contribution >= 0.6 is 0 Å². The third-order valence-corrected chi connectivity index (χ3v) is 4.54. The summed E-state index contributed by atoms with van der Waals surface area (Å²) in [5.41, 5.74) is 0. The van der Waals surface area contributed by atoms with Crippen molar-refractivity contribution in [1.82, 2.24) is 20.4 Å². The number of amides is 3. The molecule has 0 aromatic carbocycles. The number of rotatable bonds is 10. The van der Waals surface area contributed by atoms with Crippen molar-refractivity contribution in [3.63, 3.8) is 0 Å². The van der Waals surface area contributed by atoms with E-state index in [1.165, 1.54) is 6.26 Å². The first kappa shape index (κ1) is 21.0. The molecule has 1 aliphatic heterocycles. The fourth-order valence-electron chi connectivity index (χ4n) is 2.91. The van der Waals surface area contributed by atoms with E-state index in [1.807, 2.05) is 4.90 Å². The molecule has 0 radical (unpaired) electrons. The number of piperazine rings is 1. The Hall–Kier alpha value is -2.35. The number of furan rings is 1. The molecule has 150 valence electrons. The maximum atomic E-state index is 12.3. The number of nitrogens with zero attached hydrogens (tertiary/aromatic N) is 2. The molecule has 2 heterocycles. The van der Waals surface area contributed by atoms with Gasteiger partial charge in [-0.05, 0) is 25.0 Å². The van der Waals surface area contributed by atoms with Gasteiger partial charge in [-0.1, -0.05) is 13.3 Å². The van der Waals surface area contributed by atoms with Crippen LogP contribution in [0.3, 0.4) is 0 Å². The molecule has 0 atom stereocenters. The Labute approximate surface area is 160 Å². The highest BCUT2D eigenvalue weighted by Gasteiger charge is 2.22. The Balaban J connectivity index is 1.56. The topological polar surface area (TPSA) is 94.9 Å². The van der Waals surface area contributed by atoms with Crippen molar-refractivity contribution in [1.29, 1.82) is 0 Å². The maximum Gasteiger partial charge on any atom is 0.286 e. The Morgan fingerprint density at radius 2 is 1.81 bits per heavy atom. The minimum absolute atomic E-state index is 0.0514. The van der Waals surface area contributed by atoms with Crippen molar-refractivity contribution in [3.8, 4) is 0 Å². The summed E-state index contributed by atoms with van der Waals surface area (Å²) in [7, 11) is 0. The van der Waals surface area contributed by atoms with Gasteiger partial charge in [-0.25, -0.2) is 0 Å². The molecule has 1 saturated heterocycles. The molecule has 2 rings (SSSR count). The van der Waals surface area contributed by atoms with Gasteiger partial charge in [0, 0.05) is 45.7 Å². The van der Waals surface area contributed by atoms with Crippen LogP contribution < -0.4 is 10.6 Å². The van der Waals surface area contributed by atoms with Crippen molar-refractivity contribution in [2.45, 2.75) is 32.6 Å². The van der Waals surface area contributed by atoms with Crippen LogP contribution in [-0.2, 0) is 9.59 Å². The molecule has 0 aliphatic carbocycles. The molecular weight excluding hydrogens is 348 g/mol. The van der Waals surface area contributed by atoms with E-state index in [4.69, 9.17) is 4.42 Å². The van der Waals surface area contributed by atoms with Crippen LogP contribution in [0.4, 0.5) is 0 Å². The minimum Gasteiger partial charge on any atom is -0.459 e. The van der Waals surface area contributed by atoms with Crippen LogP contribution in [0.25, 0.3) is 0 Å². The minimum atomic E-state index is -0.265. The highest BCUT2D eigenvalue weighted by Crippen LogP contribution is 2.05. The molecule has 0 saturated carbocycles. The first-order chi connectivity index (χ1) is 13.1. The molecule has 0 spiro atoms. The molecule has 3 amide bonds. The van der Waals surface area contributed by atoms with Gasteiger partial charge in [-0.2, -0.15) is 0 Å². The molecule has 8 nitrogen and oxygen atoms in total. The van der Waals surface area contributed by atoms with Gasteiger partial charge < -0.3 is 20.0 Å². The lowest BCUT2D eigenvalue weighted by Gasteiger charge is -2.34. The monoisotopic (exact) mass is 378 g/mol. The SMILES string of the molecule is CCCCNC(=O)CN1CCN(C(=O)CCCNC(=O)c2ccco2)CC1. The van der Waals surface area contributed by atoms with Crippen molar-refractivity contribution in [2.75, 3.05) is 45.8 Å². The molecule has 27 heavy (non-hydrogen) atoms. The average molecular weight is 378 g/mol. The molecule has 0 bridgehead atoms. The lowest BCUT2D eigenvalue weighted by molar-refractivity contribution is -0.133. The van der Waals surface area contributed by atoms with Crippen molar-refractivity contribution < 1.29 is 18.8 Å². The largest absolute Gasteiger partial charge is 0.459 e. The van der Waals surface area contributed by atoms with E-state index < -0.39 is 0 Å². The fourth-order valence-corrected chi connectivity index (χ4v) is 2.91. The van der Waals surface area contributed by atoms with Crippen LogP contribution in [-0.4, -0.2) is 73.3 Å². The summed E-state index contributed by atoms with van der Waals surface area (Å²) >= 11 is 0. The molecule has 1 aliphatic rings. The zero-order valence-electron chi connectivity index (χ0n) is 16.0. The van der Waals surface area contributed by atoms with Gasteiger partial charge in [0.1, 0.15) is 0 Å². The Kier molecular flexibility index (Phi) is 8.83. The standard InChI is InChI=1S/C19H30N4O4/c1-2-3-8-20-17(24)15-22-10-12-23(13-11-22)18(25)7-4-9-21-19(26)16-6-5-14-27-16/h5-6,14H,2-4,7-13,15H2,1H3,(H,20,24)(H,21,26). The first-order valence-electron chi connectivity index (χ1n) is 9.68. The molecule has 1 aromatic heterocycles. The fraction of sp³-hybridized carbons (Fsp3) is 0.632. The maximum absolute atomic E-state index is 12.3. The lowest BCUT2D eigenvalue weighted by Crippen LogP contribution is -2.51. The van der Waals surface area contributed by atoms with E-state index >= 15 is 0 Å². The van der Waals surface area contributed by atoms with Crippen LogP contribution in [0.5, 0.6) is 0 Å². The second-order valence-electron chi connectivity index (χ2n) is 6.70. The van der Waals surface area contributed by atoms with E-state index in [0.717, 1.165) is 19.4 Å². The van der Waals surface area contributed by atoms with Gasteiger partial charge in [0.15, 0.2) is 5.76 Å². The second-order valence-corrected chi connectivity index (χ2v) is 6.70. The highest BCUT2D eigenvalue weighted by atomic mass is 16.3. The van der Waals surface area contributed by atoms with Crippen molar-refractivity contribution in [2.24, 2.45) is 0 Å². The summed E-state index contributed by atoms with van der Waals surface area (Å²) < 4.78 is 5.01. The third-order valence-electron chi connectivity index (χ3n) is 4.54. The van der Waals surface area contributed by atoms with Gasteiger partial charge in [-0.15, -0.1) is 0 Å². The highest BCUT2D eigenvalue weighted by molar-refractivity contribution is 5.91. The average Bonchev–Trinajstić information content (AvgIpc) is 3.20. The number of unbranched alkanes of at least 4 members (excludes halogenated alkanes) is 1. The molecule has 1 fully saturated rings. The Bertz CT molecular complexity index is 595. The first-order valence-corrected chi connectivity index (χ1v) is 9.68. The number of carbonyl (C=O) groups is 3.